The molecule has 7 atom stereocenters. The van der Waals surface area contributed by atoms with E-state index in [4.69, 9.17) is 0 Å². The maximum Gasteiger partial charge on any atom is 0.0709 e. The minimum atomic E-state index is -0.771. The van der Waals surface area contributed by atoms with E-state index in [1.54, 1.807) is 5.57 Å². The van der Waals surface area contributed by atoms with Crippen molar-refractivity contribution in [3.8, 4) is 0 Å². The average Bonchev–Trinajstić information content (AvgIpc) is 2.84. The third-order valence-corrected chi connectivity index (χ3v) is 7.27. The summed E-state index contributed by atoms with van der Waals surface area (Å²) in [5.74, 6) is 2.36. The third kappa shape index (κ3) is 2.47. The molecule has 22 heavy (non-hydrogen) atoms. The molecule has 0 spiro atoms. The van der Waals surface area contributed by atoms with Crippen LogP contribution in [0.15, 0.2) is 11.6 Å². The maximum atomic E-state index is 11.1. The van der Waals surface area contributed by atoms with Gasteiger partial charge in [-0.2, -0.15) is 0 Å². The molecule has 0 aromatic heterocycles. The zero-order valence-electron chi connectivity index (χ0n) is 15.0. The molecule has 0 saturated heterocycles. The van der Waals surface area contributed by atoms with Crippen molar-refractivity contribution in [2.45, 2.75) is 78.4 Å². The van der Waals surface area contributed by atoms with Gasteiger partial charge in [-0.1, -0.05) is 39.3 Å². The minimum Gasteiger partial charge on any atom is -0.393 e. The molecule has 0 amide bonds. The summed E-state index contributed by atoms with van der Waals surface area (Å²) in [7, 11) is 0. The molecule has 0 radical (unpaired) electrons. The van der Waals surface area contributed by atoms with Gasteiger partial charge >= 0.3 is 0 Å². The monoisotopic (exact) mass is 306 g/mol. The molecular weight excluding hydrogens is 272 g/mol. The molecule has 3 aliphatic carbocycles. The molecule has 0 aromatic rings. The molecule has 0 aliphatic heterocycles. The molecule has 2 nitrogen and oxygen atoms in total. The lowest BCUT2D eigenvalue weighted by atomic mass is 9.64. The van der Waals surface area contributed by atoms with Crippen LogP contribution >= 0.6 is 0 Å². The first-order valence-corrected chi connectivity index (χ1v) is 9.27. The van der Waals surface area contributed by atoms with Gasteiger partial charge < -0.3 is 10.2 Å². The van der Waals surface area contributed by atoms with Crippen molar-refractivity contribution in [2.75, 3.05) is 0 Å². The van der Waals surface area contributed by atoms with Crippen molar-refractivity contribution < 1.29 is 10.2 Å². The van der Waals surface area contributed by atoms with Crippen molar-refractivity contribution in [1.82, 2.24) is 0 Å². The minimum absolute atomic E-state index is 0.0372. The molecule has 0 bridgehead atoms. The molecule has 3 rings (SSSR count). The Balaban J connectivity index is 2.01. The number of aliphatic hydroxyl groups is 2. The maximum absolute atomic E-state index is 11.1. The Morgan fingerprint density at radius 2 is 1.95 bits per heavy atom. The van der Waals surface area contributed by atoms with Gasteiger partial charge in [0.2, 0.25) is 0 Å². The van der Waals surface area contributed by atoms with E-state index in [-0.39, 0.29) is 17.4 Å². The lowest BCUT2D eigenvalue weighted by molar-refractivity contribution is -0.0695. The molecular formula is C20H34O2. The number of fused-ring (bicyclic) bond motifs is 2. The van der Waals surface area contributed by atoms with Crippen molar-refractivity contribution in [1.29, 1.82) is 0 Å². The van der Waals surface area contributed by atoms with Gasteiger partial charge in [0.25, 0.3) is 0 Å². The van der Waals surface area contributed by atoms with Gasteiger partial charge in [0.15, 0.2) is 0 Å². The standard InChI is InChI=1S/C20H34O2/c1-12(2)14-6-8-19(4)11-15-13(3)10-17(21)18(15)20(5,22)9-7-16(14)19/h7,12-15,17-18,21-22H,6,8-11H2,1-5H3/b16-7-/t13-,14-,15-,17-,18+,19-,20+/m0/s1. The van der Waals surface area contributed by atoms with E-state index in [1.807, 2.05) is 6.92 Å². The Labute approximate surface area is 136 Å². The number of allylic oxidation sites excluding steroid dienone is 1. The van der Waals surface area contributed by atoms with E-state index in [1.165, 1.54) is 12.8 Å². The number of hydrogen-bond acceptors (Lipinski definition) is 2. The predicted molar refractivity (Wildman–Crippen MR) is 90.4 cm³/mol. The number of hydrogen-bond donors (Lipinski definition) is 2. The van der Waals surface area contributed by atoms with E-state index >= 15 is 0 Å². The van der Waals surface area contributed by atoms with E-state index in [0.717, 1.165) is 12.8 Å². The second-order valence-corrected chi connectivity index (χ2v) is 9.34. The molecule has 0 unspecified atom stereocenters. The first-order valence-electron chi connectivity index (χ1n) is 9.27. The fourth-order valence-corrected chi connectivity index (χ4v) is 6.05. The second kappa shape index (κ2) is 5.34. The van der Waals surface area contributed by atoms with Crippen LogP contribution in [0, 0.1) is 35.0 Å². The van der Waals surface area contributed by atoms with Crippen LogP contribution in [0.5, 0.6) is 0 Å². The number of rotatable bonds is 1. The lowest BCUT2D eigenvalue weighted by Crippen LogP contribution is -2.45. The molecule has 0 heterocycles. The number of aliphatic hydroxyl groups excluding tert-OH is 1. The smallest absolute Gasteiger partial charge is 0.0709 e. The predicted octanol–water partition coefficient (Wildman–Crippen LogP) is 4.16. The van der Waals surface area contributed by atoms with Crippen molar-refractivity contribution >= 4 is 0 Å². The Morgan fingerprint density at radius 1 is 1.27 bits per heavy atom. The van der Waals surface area contributed by atoms with Crippen molar-refractivity contribution in [3.05, 3.63) is 11.6 Å². The molecule has 0 aromatic carbocycles. The van der Waals surface area contributed by atoms with Gasteiger partial charge in [0, 0.05) is 5.92 Å². The van der Waals surface area contributed by atoms with Gasteiger partial charge in [-0.15, -0.1) is 0 Å². The summed E-state index contributed by atoms with van der Waals surface area (Å²) >= 11 is 0. The summed E-state index contributed by atoms with van der Waals surface area (Å²) in [5.41, 5.74) is 1.12. The SMILES string of the molecule is CC(C)[C@@H]1CC[C@@]2(C)C[C@@H]3[C@H]([C@@H](O)C[C@@H]3C)[C@](C)(O)C/C=C/12. The first-order chi connectivity index (χ1) is 10.2. The molecule has 126 valence electrons. The van der Waals surface area contributed by atoms with Gasteiger partial charge in [-0.05, 0) is 68.1 Å². The quantitative estimate of drug-likeness (QED) is 0.714. The van der Waals surface area contributed by atoms with E-state index in [9.17, 15) is 10.2 Å². The Bertz CT molecular complexity index is 464. The topological polar surface area (TPSA) is 40.5 Å². The summed E-state index contributed by atoms with van der Waals surface area (Å²) < 4.78 is 0. The van der Waals surface area contributed by atoms with Crippen LogP contribution in [0.2, 0.25) is 0 Å². The summed E-state index contributed by atoms with van der Waals surface area (Å²) in [6.45, 7) is 11.3. The largest absolute Gasteiger partial charge is 0.393 e. The molecule has 2 N–H and O–H groups in total. The highest BCUT2D eigenvalue weighted by molar-refractivity contribution is 5.25. The van der Waals surface area contributed by atoms with Crippen molar-refractivity contribution in [3.63, 3.8) is 0 Å². The van der Waals surface area contributed by atoms with E-state index in [2.05, 4.69) is 33.8 Å². The fraction of sp³-hybridized carbons (Fsp3) is 0.900. The fourth-order valence-electron chi connectivity index (χ4n) is 6.05. The summed E-state index contributed by atoms with van der Waals surface area (Å²) in [4.78, 5) is 0. The first kappa shape index (κ1) is 16.5. The highest BCUT2D eigenvalue weighted by atomic mass is 16.3. The van der Waals surface area contributed by atoms with E-state index < -0.39 is 5.60 Å². The summed E-state index contributed by atoms with van der Waals surface area (Å²) in [5, 5.41) is 21.6. The molecule has 2 saturated carbocycles. The van der Waals surface area contributed by atoms with Crippen molar-refractivity contribution in [2.24, 2.45) is 35.0 Å². The van der Waals surface area contributed by atoms with Crippen LogP contribution in [0.25, 0.3) is 0 Å². The third-order valence-electron chi connectivity index (χ3n) is 7.27. The van der Waals surface area contributed by atoms with Gasteiger partial charge in [-0.25, -0.2) is 0 Å². The van der Waals surface area contributed by atoms with Crippen LogP contribution in [0.3, 0.4) is 0 Å². The van der Waals surface area contributed by atoms with Crippen LogP contribution in [0.4, 0.5) is 0 Å². The Kier molecular flexibility index (Phi) is 4.01. The van der Waals surface area contributed by atoms with Gasteiger partial charge in [-0.3, -0.25) is 0 Å². The highest BCUT2D eigenvalue weighted by Crippen LogP contribution is 2.58. The zero-order chi connectivity index (χ0) is 16.3. The zero-order valence-corrected chi connectivity index (χ0v) is 15.0. The molecule has 3 aliphatic rings. The normalized spacial score (nSPS) is 54.4. The summed E-state index contributed by atoms with van der Waals surface area (Å²) in [6, 6.07) is 0. The lowest BCUT2D eigenvalue weighted by Gasteiger charge is -2.43. The van der Waals surface area contributed by atoms with Crippen LogP contribution in [-0.2, 0) is 0 Å². The molecule has 2 fully saturated rings. The second-order valence-electron chi connectivity index (χ2n) is 9.34. The molecule has 2 heteroatoms. The van der Waals surface area contributed by atoms with Gasteiger partial charge in [0.05, 0.1) is 11.7 Å². The van der Waals surface area contributed by atoms with Gasteiger partial charge in [0.1, 0.15) is 0 Å². The van der Waals surface area contributed by atoms with Crippen LogP contribution in [-0.4, -0.2) is 21.9 Å². The highest BCUT2D eigenvalue weighted by Gasteiger charge is 2.54. The Morgan fingerprint density at radius 3 is 2.59 bits per heavy atom. The average molecular weight is 306 g/mol. The van der Waals surface area contributed by atoms with Crippen LogP contribution < -0.4 is 0 Å². The Hall–Kier alpha value is -0.340. The summed E-state index contributed by atoms with van der Waals surface area (Å²) in [6.07, 6.45) is 7.27. The van der Waals surface area contributed by atoms with E-state index in [0.29, 0.717) is 30.1 Å². The van der Waals surface area contributed by atoms with Crippen LogP contribution in [0.1, 0.15) is 66.7 Å².